The van der Waals surface area contributed by atoms with E-state index in [1.807, 2.05) is 24.3 Å². The molecule has 1 aliphatic rings. The number of methoxy groups -OCH3 is 1. The van der Waals surface area contributed by atoms with E-state index in [1.165, 1.54) is 6.20 Å². The Morgan fingerprint density at radius 1 is 1.44 bits per heavy atom. The number of halogens is 1. The largest absolute Gasteiger partial charge is 0.497 e. The molecular formula is C18H19ClN2O4. The fourth-order valence-electron chi connectivity index (χ4n) is 2.47. The molecule has 3 rings (SSSR count). The van der Waals surface area contributed by atoms with Crippen LogP contribution in [0.1, 0.15) is 22.3 Å². The van der Waals surface area contributed by atoms with Crippen LogP contribution in [0, 0.1) is 0 Å². The van der Waals surface area contributed by atoms with Crippen molar-refractivity contribution in [1.29, 1.82) is 0 Å². The summed E-state index contributed by atoms with van der Waals surface area (Å²) >= 11 is 6.18. The highest BCUT2D eigenvalue weighted by molar-refractivity contribution is 6.32. The van der Waals surface area contributed by atoms with E-state index in [0.29, 0.717) is 36.2 Å². The quantitative estimate of drug-likeness (QED) is 0.855. The van der Waals surface area contributed by atoms with Gasteiger partial charge in [-0.25, -0.2) is 4.98 Å². The molecule has 2 heterocycles. The molecule has 1 unspecified atom stereocenters. The van der Waals surface area contributed by atoms with Gasteiger partial charge < -0.3 is 19.5 Å². The van der Waals surface area contributed by atoms with E-state index in [0.717, 1.165) is 17.7 Å². The molecule has 1 fully saturated rings. The third-order valence-corrected chi connectivity index (χ3v) is 4.09. The SMILES string of the molecule is COc1cccc(CNC(=O)c2cnc(OC3CCOC3)c(Cl)c2)c1. The summed E-state index contributed by atoms with van der Waals surface area (Å²) in [4.78, 5) is 16.4. The number of aromatic nitrogens is 1. The average Bonchev–Trinajstić information content (AvgIpc) is 3.14. The van der Waals surface area contributed by atoms with Crippen LogP contribution < -0.4 is 14.8 Å². The Labute approximate surface area is 151 Å². The molecule has 132 valence electrons. The number of hydrogen-bond acceptors (Lipinski definition) is 5. The molecule has 6 nitrogen and oxygen atoms in total. The minimum Gasteiger partial charge on any atom is -0.497 e. The van der Waals surface area contributed by atoms with Gasteiger partial charge in [0.25, 0.3) is 5.91 Å². The Morgan fingerprint density at radius 2 is 2.32 bits per heavy atom. The molecule has 0 radical (unpaired) electrons. The van der Waals surface area contributed by atoms with E-state index in [9.17, 15) is 4.79 Å². The molecule has 7 heteroatoms. The lowest BCUT2D eigenvalue weighted by Gasteiger charge is -2.12. The first-order valence-electron chi connectivity index (χ1n) is 7.97. The van der Waals surface area contributed by atoms with Crippen LogP contribution in [-0.4, -0.2) is 37.3 Å². The maximum atomic E-state index is 12.3. The molecule has 1 amide bonds. The van der Waals surface area contributed by atoms with Gasteiger partial charge in [0.2, 0.25) is 5.88 Å². The smallest absolute Gasteiger partial charge is 0.253 e. The van der Waals surface area contributed by atoms with Crippen LogP contribution in [0.15, 0.2) is 36.5 Å². The molecule has 25 heavy (non-hydrogen) atoms. The van der Waals surface area contributed by atoms with Gasteiger partial charge in [-0.1, -0.05) is 23.7 Å². The second-order valence-corrected chi connectivity index (χ2v) is 6.06. The number of carbonyl (C=O) groups excluding carboxylic acids is 1. The van der Waals surface area contributed by atoms with Crippen LogP contribution in [0.25, 0.3) is 0 Å². The predicted octanol–water partition coefficient (Wildman–Crippen LogP) is 2.84. The Kier molecular flexibility index (Phi) is 5.73. The van der Waals surface area contributed by atoms with Crippen molar-refractivity contribution >= 4 is 17.5 Å². The Morgan fingerprint density at radius 3 is 3.04 bits per heavy atom. The lowest BCUT2D eigenvalue weighted by molar-refractivity contribution is 0.0950. The first-order valence-corrected chi connectivity index (χ1v) is 8.34. The lowest BCUT2D eigenvalue weighted by atomic mass is 10.2. The van der Waals surface area contributed by atoms with Crippen LogP contribution in [-0.2, 0) is 11.3 Å². The number of nitrogens with one attached hydrogen (secondary N) is 1. The van der Waals surface area contributed by atoms with Crippen LogP contribution in [0.2, 0.25) is 5.02 Å². The standard InChI is InChI=1S/C18H19ClN2O4/c1-23-14-4-2-3-12(7-14)9-20-17(22)13-8-16(19)18(21-10-13)25-15-5-6-24-11-15/h2-4,7-8,10,15H,5-6,9,11H2,1H3,(H,20,22). The summed E-state index contributed by atoms with van der Waals surface area (Å²) in [6.07, 6.45) is 2.22. The molecule has 1 aromatic heterocycles. The van der Waals surface area contributed by atoms with Gasteiger partial charge in [0.05, 0.1) is 25.9 Å². The van der Waals surface area contributed by atoms with Crippen molar-refractivity contribution in [3.05, 3.63) is 52.7 Å². The van der Waals surface area contributed by atoms with Crippen molar-refractivity contribution in [3.8, 4) is 11.6 Å². The van der Waals surface area contributed by atoms with E-state index < -0.39 is 0 Å². The van der Waals surface area contributed by atoms with E-state index in [-0.39, 0.29) is 12.0 Å². The summed E-state index contributed by atoms with van der Waals surface area (Å²) < 4.78 is 16.1. The Balaban J connectivity index is 1.60. The van der Waals surface area contributed by atoms with Gasteiger partial charge in [-0.15, -0.1) is 0 Å². The molecule has 1 atom stereocenters. The topological polar surface area (TPSA) is 69.7 Å². The summed E-state index contributed by atoms with van der Waals surface area (Å²) in [5, 5.41) is 3.14. The fraction of sp³-hybridized carbons (Fsp3) is 0.333. The van der Waals surface area contributed by atoms with Gasteiger partial charge >= 0.3 is 0 Å². The van der Waals surface area contributed by atoms with E-state index in [2.05, 4.69) is 10.3 Å². The molecule has 1 saturated heterocycles. The van der Waals surface area contributed by atoms with Crippen molar-refractivity contribution in [2.45, 2.75) is 19.1 Å². The summed E-state index contributed by atoms with van der Waals surface area (Å²) in [7, 11) is 1.60. The van der Waals surface area contributed by atoms with Gasteiger partial charge in [0.1, 0.15) is 16.9 Å². The van der Waals surface area contributed by atoms with E-state index in [1.54, 1.807) is 13.2 Å². The number of rotatable bonds is 6. The van der Waals surface area contributed by atoms with E-state index >= 15 is 0 Å². The highest BCUT2D eigenvalue weighted by Gasteiger charge is 2.20. The molecule has 0 saturated carbocycles. The maximum Gasteiger partial charge on any atom is 0.253 e. The number of hydrogen-bond donors (Lipinski definition) is 1. The predicted molar refractivity (Wildman–Crippen MR) is 93.3 cm³/mol. The molecule has 0 aliphatic carbocycles. The second-order valence-electron chi connectivity index (χ2n) is 5.65. The number of pyridine rings is 1. The zero-order valence-corrected chi connectivity index (χ0v) is 14.6. The molecule has 1 aliphatic heterocycles. The van der Waals surface area contributed by atoms with Gasteiger partial charge in [-0.2, -0.15) is 0 Å². The maximum absolute atomic E-state index is 12.3. The Bertz CT molecular complexity index is 748. The fourth-order valence-corrected chi connectivity index (χ4v) is 2.68. The van der Waals surface area contributed by atoms with Crippen molar-refractivity contribution in [1.82, 2.24) is 10.3 Å². The monoisotopic (exact) mass is 362 g/mol. The summed E-state index contributed by atoms with van der Waals surface area (Å²) in [6.45, 7) is 1.58. The van der Waals surface area contributed by atoms with Crippen molar-refractivity contribution in [2.75, 3.05) is 20.3 Å². The third-order valence-electron chi connectivity index (χ3n) is 3.82. The minimum absolute atomic E-state index is 0.0438. The van der Waals surface area contributed by atoms with Crippen LogP contribution in [0.3, 0.4) is 0 Å². The van der Waals surface area contributed by atoms with Crippen LogP contribution in [0.5, 0.6) is 11.6 Å². The summed E-state index contributed by atoms with van der Waals surface area (Å²) in [6, 6.07) is 9.06. The highest BCUT2D eigenvalue weighted by Crippen LogP contribution is 2.25. The third kappa shape index (κ3) is 4.61. The van der Waals surface area contributed by atoms with Crippen molar-refractivity contribution in [2.24, 2.45) is 0 Å². The Hall–Kier alpha value is -2.31. The first-order chi connectivity index (χ1) is 12.2. The van der Waals surface area contributed by atoms with Gasteiger partial charge in [-0.3, -0.25) is 4.79 Å². The normalized spacial score (nSPS) is 16.5. The first kappa shape index (κ1) is 17.5. The molecule has 2 aromatic rings. The zero-order valence-electron chi connectivity index (χ0n) is 13.8. The van der Waals surface area contributed by atoms with E-state index in [4.69, 9.17) is 25.8 Å². The van der Waals surface area contributed by atoms with Crippen LogP contribution in [0.4, 0.5) is 0 Å². The van der Waals surface area contributed by atoms with Gasteiger partial charge in [-0.05, 0) is 23.8 Å². The molecule has 1 aromatic carbocycles. The number of amides is 1. The molecular weight excluding hydrogens is 344 g/mol. The molecule has 0 bridgehead atoms. The molecule has 1 N–H and O–H groups in total. The average molecular weight is 363 g/mol. The number of nitrogens with zero attached hydrogens (tertiary/aromatic N) is 1. The lowest BCUT2D eigenvalue weighted by Crippen LogP contribution is -2.23. The number of ether oxygens (including phenoxy) is 3. The summed E-state index contributed by atoms with van der Waals surface area (Å²) in [5.74, 6) is 0.809. The van der Waals surface area contributed by atoms with Crippen molar-refractivity contribution < 1.29 is 19.0 Å². The number of benzene rings is 1. The van der Waals surface area contributed by atoms with Gasteiger partial charge in [0.15, 0.2) is 0 Å². The zero-order chi connectivity index (χ0) is 17.6. The summed E-state index contributed by atoms with van der Waals surface area (Å²) in [5.41, 5.74) is 1.32. The highest BCUT2D eigenvalue weighted by atomic mass is 35.5. The second kappa shape index (κ2) is 8.18. The van der Waals surface area contributed by atoms with Crippen LogP contribution >= 0.6 is 11.6 Å². The van der Waals surface area contributed by atoms with Crippen molar-refractivity contribution in [3.63, 3.8) is 0 Å². The van der Waals surface area contributed by atoms with Gasteiger partial charge in [0, 0.05) is 19.2 Å². The molecule has 0 spiro atoms. The minimum atomic E-state index is -0.257. The number of carbonyl (C=O) groups is 1.